The number of hydrogen-bond acceptors (Lipinski definition) is 6. The number of β-amino-alcohol motifs (C(OH)–C–C–N with tert-alkyl or cyclic N) is 1. The molecule has 1 atom stereocenters. The summed E-state index contributed by atoms with van der Waals surface area (Å²) in [6.45, 7) is 14.2. The van der Waals surface area contributed by atoms with Crippen molar-refractivity contribution in [1.82, 2.24) is 4.90 Å². The van der Waals surface area contributed by atoms with Gasteiger partial charge in [-0.3, -0.25) is 0 Å². The van der Waals surface area contributed by atoms with Crippen LogP contribution >= 0.6 is 11.6 Å². The third-order valence-electron chi connectivity index (χ3n) is 4.36. The van der Waals surface area contributed by atoms with Gasteiger partial charge >= 0.3 is 0 Å². The average Bonchev–Trinajstić information content (AvgIpc) is 2.94. The van der Waals surface area contributed by atoms with Gasteiger partial charge in [-0.1, -0.05) is 18.2 Å². The van der Waals surface area contributed by atoms with Crippen molar-refractivity contribution in [3.8, 4) is 0 Å². The molecule has 33 heavy (non-hydrogen) atoms. The summed E-state index contributed by atoms with van der Waals surface area (Å²) in [6, 6.07) is 9.00. The fourth-order valence-corrected chi connectivity index (χ4v) is 3.05. The van der Waals surface area contributed by atoms with E-state index in [0.29, 0.717) is 30.1 Å². The molecule has 0 bridgehead atoms. The molecule has 2 aromatic carbocycles. The predicted molar refractivity (Wildman–Crippen MR) is 128 cm³/mol. The number of ether oxygens (including phenoxy) is 1. The summed E-state index contributed by atoms with van der Waals surface area (Å²) in [5.74, 6) is -0.739. The van der Waals surface area contributed by atoms with Crippen LogP contribution in [0.2, 0.25) is 5.02 Å². The third-order valence-corrected chi connectivity index (χ3v) is 4.65. The van der Waals surface area contributed by atoms with Crippen molar-refractivity contribution in [3.63, 3.8) is 0 Å². The molecule has 0 spiro atoms. The largest absolute Gasteiger partial charge is 0.386 e. The van der Waals surface area contributed by atoms with Crippen molar-refractivity contribution in [2.45, 2.75) is 19.4 Å². The Kier molecular flexibility index (Phi) is 14.0. The molecule has 2 N–H and O–H groups in total. The minimum absolute atomic E-state index is 0.0353. The Hall–Kier alpha value is -2.65. The number of benzene rings is 2. The second-order valence-corrected chi connectivity index (χ2v) is 7.89. The maximum Gasteiger partial charge on any atom is 0.141 e. The van der Waals surface area contributed by atoms with Crippen LogP contribution in [0.4, 0.5) is 14.5 Å². The zero-order valence-corrected chi connectivity index (χ0v) is 19.9. The highest BCUT2D eigenvalue weighted by molar-refractivity contribution is 6.31. The second kappa shape index (κ2) is 15.2. The van der Waals surface area contributed by atoms with E-state index in [1.54, 1.807) is 32.0 Å². The van der Waals surface area contributed by atoms with Gasteiger partial charge in [0.05, 0.1) is 23.8 Å². The van der Waals surface area contributed by atoms with Gasteiger partial charge in [0.15, 0.2) is 0 Å². The highest BCUT2D eigenvalue weighted by atomic mass is 35.5. The van der Waals surface area contributed by atoms with Crippen molar-refractivity contribution in [2.24, 2.45) is 0 Å². The van der Waals surface area contributed by atoms with Crippen LogP contribution in [0.3, 0.4) is 0 Å². The lowest BCUT2D eigenvalue weighted by Crippen LogP contribution is -2.39. The average molecular weight is 485 g/mol. The van der Waals surface area contributed by atoms with E-state index in [-0.39, 0.29) is 10.8 Å². The number of likely N-dealkylation sites (N-methyl/N-ethyl adjacent to an activating group) is 1. The van der Waals surface area contributed by atoms with Crippen molar-refractivity contribution in [2.75, 3.05) is 38.7 Å². The van der Waals surface area contributed by atoms with Crippen LogP contribution < -0.4 is 5.32 Å². The molecule has 0 radical (unpaired) electrons. The van der Waals surface area contributed by atoms with Gasteiger partial charge in [-0.05, 0) is 68.4 Å². The first kappa shape index (κ1) is 30.4. The normalized spacial score (nSPS) is 17.5. The molecule has 1 aliphatic rings. The van der Waals surface area contributed by atoms with Crippen LogP contribution in [0.5, 0.6) is 0 Å². The lowest BCUT2D eigenvalue weighted by atomic mass is 10.1. The number of nitrogens with one attached hydrogen (secondary N) is 1. The summed E-state index contributed by atoms with van der Waals surface area (Å²) in [4.78, 5) is 18.1. The highest BCUT2D eigenvalue weighted by Gasteiger charge is 2.25. The van der Waals surface area contributed by atoms with Crippen molar-refractivity contribution in [3.05, 3.63) is 70.8 Å². The first-order valence-electron chi connectivity index (χ1n) is 9.81. The van der Waals surface area contributed by atoms with Gasteiger partial charge in [0.2, 0.25) is 0 Å². The summed E-state index contributed by atoms with van der Waals surface area (Å²) in [5, 5.41) is 12.6. The number of rotatable bonds is 3. The fraction of sp³-hybridized carbons (Fsp3) is 0.333. The summed E-state index contributed by atoms with van der Waals surface area (Å²) in [5.41, 5.74) is 1.85. The Morgan fingerprint density at radius 2 is 1.76 bits per heavy atom. The van der Waals surface area contributed by atoms with Crippen LogP contribution in [-0.4, -0.2) is 62.5 Å². The molecule has 1 saturated heterocycles. The molecule has 0 saturated carbocycles. The Bertz CT molecular complexity index is 895. The zero-order chi connectivity index (χ0) is 25.6. The van der Waals surface area contributed by atoms with Crippen LogP contribution in [0.25, 0.3) is 5.70 Å². The first-order chi connectivity index (χ1) is 15.6. The first-order valence-corrected chi connectivity index (χ1v) is 10.2. The summed E-state index contributed by atoms with van der Waals surface area (Å²) in [6.07, 6.45) is 0. The SMILES string of the molecule is C=C(Nc1ccc(F)c(Cl)c1)c1ccc(F)c(C)c1.C=O.C=O.CN1CCOCC(C)(O)C1. The Labute approximate surface area is 198 Å². The van der Waals surface area contributed by atoms with E-state index in [0.717, 1.165) is 18.7 Å². The number of carbonyl (C=O) groups is 2. The molecule has 1 fully saturated rings. The number of carbonyl (C=O) groups excluding carboxylic acids is 2. The predicted octanol–water partition coefficient (Wildman–Crippen LogP) is 4.34. The van der Waals surface area contributed by atoms with E-state index >= 15 is 0 Å². The van der Waals surface area contributed by atoms with Crippen LogP contribution in [0.1, 0.15) is 18.1 Å². The number of hydrogen-bond donors (Lipinski definition) is 2. The standard InChI is InChI=1S/C15H12ClF2N.C7H15NO2.2CH2O/c1-9-7-11(3-5-14(9)17)10(2)19-12-4-6-15(18)13(16)8-12;1-7(9)5-8(2)3-4-10-6-7;2*1-2/h3-8,19H,2H2,1H3;9H,3-6H2,1-2H3;2*1H2. The number of halogens is 3. The zero-order valence-electron chi connectivity index (χ0n) is 19.2. The van der Waals surface area contributed by atoms with Gasteiger partial charge in [-0.2, -0.15) is 0 Å². The lowest BCUT2D eigenvalue weighted by molar-refractivity contribution is -0.0987. The van der Waals surface area contributed by atoms with E-state index in [1.807, 2.05) is 20.6 Å². The third kappa shape index (κ3) is 11.2. The molecule has 0 aliphatic carbocycles. The van der Waals surface area contributed by atoms with Gasteiger partial charge in [0.25, 0.3) is 0 Å². The maximum absolute atomic E-state index is 13.2. The minimum Gasteiger partial charge on any atom is -0.386 e. The lowest BCUT2D eigenvalue weighted by Gasteiger charge is -2.23. The number of aliphatic hydroxyl groups is 1. The molecule has 1 aliphatic heterocycles. The number of aryl methyl sites for hydroxylation is 1. The maximum atomic E-state index is 13.2. The molecular formula is C24H31ClF2N2O4. The molecule has 6 nitrogen and oxygen atoms in total. The van der Waals surface area contributed by atoms with Gasteiger partial charge in [0, 0.05) is 24.5 Å². The van der Waals surface area contributed by atoms with Gasteiger partial charge in [-0.25, -0.2) is 8.78 Å². The molecule has 9 heteroatoms. The summed E-state index contributed by atoms with van der Waals surface area (Å²) in [7, 11) is 1.99. The number of anilines is 1. The van der Waals surface area contributed by atoms with Crippen molar-refractivity contribution >= 4 is 36.6 Å². The van der Waals surface area contributed by atoms with E-state index in [9.17, 15) is 13.9 Å². The van der Waals surface area contributed by atoms with E-state index in [1.165, 1.54) is 18.2 Å². The quantitative estimate of drug-likeness (QED) is 0.674. The Balaban J connectivity index is 0.000000617. The molecule has 1 heterocycles. The van der Waals surface area contributed by atoms with Gasteiger partial charge < -0.3 is 29.6 Å². The van der Waals surface area contributed by atoms with Crippen LogP contribution in [0, 0.1) is 18.6 Å². The Morgan fingerprint density at radius 1 is 1.15 bits per heavy atom. The number of nitrogens with zero attached hydrogens (tertiary/aromatic N) is 1. The molecule has 0 amide bonds. The van der Waals surface area contributed by atoms with E-state index in [4.69, 9.17) is 25.9 Å². The monoisotopic (exact) mass is 484 g/mol. The second-order valence-electron chi connectivity index (χ2n) is 7.48. The fourth-order valence-electron chi connectivity index (χ4n) is 2.87. The minimum atomic E-state index is -0.661. The summed E-state index contributed by atoms with van der Waals surface area (Å²) < 4.78 is 31.4. The molecule has 0 aromatic heterocycles. The Morgan fingerprint density at radius 3 is 2.33 bits per heavy atom. The molecule has 1 unspecified atom stereocenters. The van der Waals surface area contributed by atoms with E-state index < -0.39 is 11.4 Å². The van der Waals surface area contributed by atoms with Crippen molar-refractivity contribution < 1.29 is 28.2 Å². The van der Waals surface area contributed by atoms with Gasteiger partial charge in [0.1, 0.15) is 25.2 Å². The van der Waals surface area contributed by atoms with E-state index in [2.05, 4.69) is 16.8 Å². The smallest absolute Gasteiger partial charge is 0.141 e. The summed E-state index contributed by atoms with van der Waals surface area (Å²) >= 11 is 5.70. The highest BCUT2D eigenvalue weighted by Crippen LogP contribution is 2.23. The van der Waals surface area contributed by atoms with Gasteiger partial charge in [-0.15, -0.1) is 0 Å². The van der Waals surface area contributed by atoms with Crippen molar-refractivity contribution in [1.29, 1.82) is 0 Å². The topological polar surface area (TPSA) is 78.9 Å². The molecule has 3 rings (SSSR count). The van der Waals surface area contributed by atoms with Crippen LogP contribution in [-0.2, 0) is 14.3 Å². The molecule has 182 valence electrons. The molecule has 2 aromatic rings. The molecular weight excluding hydrogens is 454 g/mol. The van der Waals surface area contributed by atoms with Crippen LogP contribution in [0.15, 0.2) is 43.0 Å².